The number of ether oxygens (including phenoxy) is 4. The van der Waals surface area contributed by atoms with E-state index in [-0.39, 0.29) is 78.1 Å². The highest BCUT2D eigenvalue weighted by atomic mass is 16.7. The van der Waals surface area contributed by atoms with Crippen molar-refractivity contribution in [2.75, 3.05) is 6.54 Å². The summed E-state index contributed by atoms with van der Waals surface area (Å²) < 4.78 is 26.0. The summed E-state index contributed by atoms with van der Waals surface area (Å²) in [6.45, 7) is 19.7. The predicted molar refractivity (Wildman–Crippen MR) is 291 cm³/mol. The number of phenols is 1. The van der Waals surface area contributed by atoms with E-state index in [2.05, 4.69) is 28.3 Å². The number of amides is 4. The van der Waals surface area contributed by atoms with Gasteiger partial charge in [0, 0.05) is 61.8 Å². The maximum absolute atomic E-state index is 14.6. The van der Waals surface area contributed by atoms with Gasteiger partial charge in [-0.3, -0.25) is 29.0 Å². The Bertz CT molecular complexity index is 2370. The van der Waals surface area contributed by atoms with Crippen molar-refractivity contribution in [1.82, 2.24) is 26.4 Å². The molecule has 77 heavy (non-hydrogen) atoms. The van der Waals surface area contributed by atoms with Gasteiger partial charge in [0.05, 0.1) is 36.4 Å². The molecule has 0 unspecified atom stereocenters. The van der Waals surface area contributed by atoms with Gasteiger partial charge >= 0.3 is 5.97 Å². The number of phenolic OH excluding ortho intramolecular Hbond substituents is 1. The second kappa shape index (κ2) is 25.9. The van der Waals surface area contributed by atoms with Gasteiger partial charge in [0.15, 0.2) is 5.79 Å². The molecule has 0 aromatic heterocycles. The molecule has 4 amide bonds. The fourth-order valence-electron chi connectivity index (χ4n) is 12.4. The SMILES string of the molecule is CC[C@H]1C[C@H](C)[C@@]2(NC1=O)O[C@@H](C[C@H](O)[C@@H](C)CC/C=C/C=C(\C)[C@@H]1C/C=C/C=C/[C@@H]3O[C@@]4(C)CC[C@@H](C(=O)N[C@@H](C(C)C)C(=O)N[C@@H](Cc5cccc(O)c5)C(=O)N5CCC[C@H](N5)C(=O)O1)[C@H](O4)[C@H]3C)[C@H](C)[C@H](O)[C@@H]2C. The third-order valence-corrected chi connectivity index (χ3v) is 17.7. The Hall–Kier alpha value is -4.91. The first-order valence-electron chi connectivity index (χ1n) is 28.6. The molecule has 5 saturated heterocycles. The van der Waals surface area contributed by atoms with E-state index in [0.717, 1.165) is 12.0 Å². The summed E-state index contributed by atoms with van der Waals surface area (Å²) in [4.78, 5) is 70.4. The molecule has 7 rings (SSSR count). The number of rotatable bonds is 12. The van der Waals surface area contributed by atoms with Gasteiger partial charge in [-0.2, -0.15) is 0 Å². The highest BCUT2D eigenvalue weighted by Gasteiger charge is 2.57. The maximum atomic E-state index is 14.6. The summed E-state index contributed by atoms with van der Waals surface area (Å²) in [7, 11) is 0. The van der Waals surface area contributed by atoms with E-state index in [0.29, 0.717) is 63.4 Å². The van der Waals surface area contributed by atoms with Crippen LogP contribution in [0.3, 0.4) is 0 Å². The average molecular weight is 1070 g/mol. The Morgan fingerprint density at radius 3 is 2.45 bits per heavy atom. The van der Waals surface area contributed by atoms with Crippen molar-refractivity contribution >= 4 is 29.6 Å². The summed E-state index contributed by atoms with van der Waals surface area (Å²) in [6.07, 6.45) is 15.4. The number of hydrazine groups is 1. The number of esters is 1. The second-order valence-electron chi connectivity index (χ2n) is 23.8. The van der Waals surface area contributed by atoms with Crippen LogP contribution in [-0.4, -0.2) is 123 Å². The second-order valence-corrected chi connectivity index (χ2v) is 23.8. The fourth-order valence-corrected chi connectivity index (χ4v) is 12.4. The minimum atomic E-state index is -1.13. The van der Waals surface area contributed by atoms with E-state index < -0.39 is 83.9 Å². The van der Waals surface area contributed by atoms with E-state index in [1.54, 1.807) is 12.1 Å². The number of aromatic hydroxyl groups is 1. The highest BCUT2D eigenvalue weighted by molar-refractivity contribution is 5.93. The number of nitrogens with zero attached hydrogens (tertiary/aromatic N) is 1. The number of cyclic esters (lactones) is 1. The Morgan fingerprint density at radius 1 is 0.961 bits per heavy atom. The van der Waals surface area contributed by atoms with Crippen molar-refractivity contribution in [3.63, 3.8) is 0 Å². The lowest BCUT2D eigenvalue weighted by Gasteiger charge is -2.56. The standard InChI is InChI=1S/C60H89N5O12/c1-11-42-30-37(6)60(63-54(42)69)40(9)52(68)38(7)50(76-60)33-47(67)35(4)20-14-12-15-21-36(5)48-25-16-13-17-26-49-39(8)53-44(27-28-59(10,75-49)77-53)55(70)62-51(34(2)3)56(71)61-46(32-41-22-18-23-43(66)31-41)57(72)65-29-19-24-45(64-65)58(73)74-48/h12-13,15-18,21-23,26,31,34-35,37-40,42,44-53,64,66-68H,11,14,19-20,24-25,27-30,32-33H2,1-10H3,(H,61,71)(H,62,70)(H,63,69)/b15-12+,16-13+,26-17+,36-21+/t35-,37-,38-,39-,40-,42-,44+,45-,46-,47-,48-,49-,50-,51-,52-,53+,59+,60+/m0/s1. The van der Waals surface area contributed by atoms with Crippen molar-refractivity contribution in [3.05, 3.63) is 77.9 Å². The Kier molecular flexibility index (Phi) is 20.1. The van der Waals surface area contributed by atoms with Crippen molar-refractivity contribution in [3.8, 4) is 5.75 Å². The largest absolute Gasteiger partial charge is 0.508 e. The molecular weight excluding hydrogens is 983 g/mol. The number of hydrogen-bond acceptors (Lipinski definition) is 13. The summed E-state index contributed by atoms with van der Waals surface area (Å²) >= 11 is 0. The molecule has 1 spiro atoms. The van der Waals surface area contributed by atoms with Crippen LogP contribution in [0.25, 0.3) is 0 Å². The molecule has 0 aliphatic carbocycles. The normalized spacial score (nSPS) is 38.5. The molecule has 1 aromatic rings. The van der Waals surface area contributed by atoms with Crippen LogP contribution in [0.2, 0.25) is 0 Å². The fraction of sp³-hybridized carbons (Fsp3) is 0.683. The van der Waals surface area contributed by atoms with Crippen LogP contribution in [0.5, 0.6) is 5.75 Å². The zero-order valence-corrected chi connectivity index (χ0v) is 47.1. The van der Waals surface area contributed by atoms with E-state index in [1.165, 1.54) is 17.1 Å². The number of piperidine rings is 1. The van der Waals surface area contributed by atoms with Gasteiger partial charge in [0.1, 0.15) is 35.7 Å². The number of carbonyl (C=O) groups excluding carboxylic acids is 5. The number of aliphatic hydroxyl groups excluding tert-OH is 2. The first kappa shape index (κ1) is 59.7. The molecule has 17 nitrogen and oxygen atoms in total. The van der Waals surface area contributed by atoms with Crippen LogP contribution in [0, 0.1) is 47.3 Å². The smallest absolute Gasteiger partial charge is 0.325 e. The van der Waals surface area contributed by atoms with Crippen LogP contribution >= 0.6 is 0 Å². The van der Waals surface area contributed by atoms with Crippen LogP contribution in [0.4, 0.5) is 0 Å². The van der Waals surface area contributed by atoms with Gasteiger partial charge in [0.25, 0.3) is 5.91 Å². The molecule has 5 fully saturated rings. The highest BCUT2D eigenvalue weighted by Crippen LogP contribution is 2.47. The number of carbonyl (C=O) groups is 5. The molecule has 7 N–H and O–H groups in total. The molecule has 6 aliphatic heterocycles. The molecule has 6 heterocycles. The number of benzene rings is 1. The lowest BCUT2D eigenvalue weighted by Crippen LogP contribution is -2.71. The van der Waals surface area contributed by atoms with E-state index in [9.17, 15) is 39.3 Å². The topological polar surface area (TPSA) is 234 Å². The summed E-state index contributed by atoms with van der Waals surface area (Å²) in [5.41, 5.74) is 3.50. The van der Waals surface area contributed by atoms with Crippen LogP contribution in [0.15, 0.2) is 72.4 Å². The Labute approximate surface area is 456 Å². The molecule has 17 heteroatoms. The van der Waals surface area contributed by atoms with Crippen molar-refractivity contribution in [1.29, 1.82) is 0 Å². The van der Waals surface area contributed by atoms with Gasteiger partial charge in [-0.1, -0.05) is 110 Å². The van der Waals surface area contributed by atoms with Gasteiger partial charge < -0.3 is 50.2 Å². The molecular formula is C60H89N5O12. The zero-order valence-electron chi connectivity index (χ0n) is 47.1. The molecule has 18 atom stereocenters. The monoisotopic (exact) mass is 1070 g/mol. The first-order chi connectivity index (χ1) is 36.5. The third kappa shape index (κ3) is 14.1. The van der Waals surface area contributed by atoms with Gasteiger partial charge in [-0.25, -0.2) is 5.43 Å². The van der Waals surface area contributed by atoms with Crippen molar-refractivity contribution in [2.45, 2.75) is 206 Å². The summed E-state index contributed by atoms with van der Waals surface area (Å²) in [6, 6.07) is 3.48. The van der Waals surface area contributed by atoms with Gasteiger partial charge in [-0.15, -0.1) is 0 Å². The summed E-state index contributed by atoms with van der Waals surface area (Å²) in [5, 5.41) is 43.7. The van der Waals surface area contributed by atoms with Gasteiger partial charge in [-0.05, 0) is 93.9 Å². The molecule has 1 aromatic carbocycles. The maximum Gasteiger partial charge on any atom is 0.325 e. The minimum Gasteiger partial charge on any atom is -0.508 e. The number of allylic oxidation sites excluding steroid dienone is 5. The number of aliphatic hydroxyl groups is 2. The lowest BCUT2D eigenvalue weighted by atomic mass is 9.69. The number of nitrogens with one attached hydrogen (secondary N) is 4. The van der Waals surface area contributed by atoms with Gasteiger partial charge in [0.2, 0.25) is 17.7 Å². The van der Waals surface area contributed by atoms with Crippen LogP contribution in [-0.2, 0) is 49.3 Å². The summed E-state index contributed by atoms with van der Waals surface area (Å²) in [5.74, 6) is -4.70. The molecule has 6 aliphatic rings. The Balaban J connectivity index is 1.07. The molecule has 0 radical (unpaired) electrons. The number of fused-ring (bicyclic) bond motifs is 4. The van der Waals surface area contributed by atoms with Crippen LogP contribution in [0.1, 0.15) is 139 Å². The molecule has 0 saturated carbocycles. The lowest BCUT2D eigenvalue weighted by molar-refractivity contribution is -0.344. The Morgan fingerprint density at radius 2 is 1.73 bits per heavy atom. The van der Waals surface area contributed by atoms with Crippen molar-refractivity contribution in [2.24, 2.45) is 47.3 Å². The van der Waals surface area contributed by atoms with Crippen molar-refractivity contribution < 1.29 is 58.2 Å². The molecule has 5 bridgehead atoms. The first-order valence-corrected chi connectivity index (χ1v) is 28.6. The van der Waals surface area contributed by atoms with E-state index >= 15 is 0 Å². The number of hydrogen-bond donors (Lipinski definition) is 7. The molecule has 426 valence electrons. The third-order valence-electron chi connectivity index (χ3n) is 17.7. The van der Waals surface area contributed by atoms with E-state index in [4.69, 9.17) is 18.9 Å². The van der Waals surface area contributed by atoms with Crippen LogP contribution < -0.4 is 21.4 Å². The zero-order chi connectivity index (χ0) is 55.9. The quantitative estimate of drug-likeness (QED) is 0.0864. The average Bonchev–Trinajstić information content (AvgIpc) is 3.40. The van der Waals surface area contributed by atoms with E-state index in [1.807, 2.05) is 105 Å². The predicted octanol–water partition coefficient (Wildman–Crippen LogP) is 6.61. The minimum absolute atomic E-state index is 0.00505.